The minimum atomic E-state index is -4.02. The summed E-state index contributed by atoms with van der Waals surface area (Å²) in [6.45, 7) is 3.73. The molecule has 228 valence electrons. The van der Waals surface area contributed by atoms with Crippen LogP contribution in [0.15, 0.2) is 89.2 Å². The lowest BCUT2D eigenvalue weighted by Crippen LogP contribution is -2.35. The highest BCUT2D eigenvalue weighted by molar-refractivity contribution is 7.86. The molecule has 1 aromatic heterocycles. The van der Waals surface area contributed by atoms with Crippen molar-refractivity contribution in [2.45, 2.75) is 42.1 Å². The summed E-state index contributed by atoms with van der Waals surface area (Å²) in [7, 11) is -7.96. The van der Waals surface area contributed by atoms with E-state index in [9.17, 15) is 16.8 Å². The van der Waals surface area contributed by atoms with Crippen LogP contribution in [-0.2, 0) is 46.2 Å². The van der Waals surface area contributed by atoms with Crippen molar-refractivity contribution in [2.75, 3.05) is 13.2 Å². The van der Waals surface area contributed by atoms with E-state index in [-0.39, 0.29) is 29.5 Å². The zero-order valence-electron chi connectivity index (χ0n) is 26.4. The third-order valence-corrected chi connectivity index (χ3v) is 8.79. The smallest absolute Gasteiger partial charge is 0.297 e. The van der Waals surface area contributed by atoms with Crippen LogP contribution in [0.5, 0.6) is 0 Å². The summed E-state index contributed by atoms with van der Waals surface area (Å²) in [5.74, 6) is -1.31. The summed E-state index contributed by atoms with van der Waals surface area (Å²) in [6, 6.07) is 17.4. The zero-order chi connectivity index (χ0) is 34.5. The fourth-order valence-corrected chi connectivity index (χ4v) is 5.90. The van der Waals surface area contributed by atoms with E-state index in [1.807, 2.05) is 13.8 Å². The fraction of sp³-hybridized carbons (Fsp3) is 0.259. The van der Waals surface area contributed by atoms with Gasteiger partial charge in [0.2, 0.25) is 5.79 Å². The Kier molecular flexibility index (Phi) is 9.17. The maximum absolute atomic E-state index is 12.5. The molecule has 0 spiro atoms. The van der Waals surface area contributed by atoms with Gasteiger partial charge in [-0.05, 0) is 50.2 Å². The number of benzene rings is 3. The molecule has 0 amide bonds. The lowest BCUT2D eigenvalue weighted by molar-refractivity contribution is -0.190. The summed E-state index contributed by atoms with van der Waals surface area (Å²) in [5.41, 5.74) is 2.44. The van der Waals surface area contributed by atoms with Crippen LogP contribution in [0.25, 0.3) is 0 Å². The van der Waals surface area contributed by atoms with Crippen LogP contribution in [-0.4, -0.2) is 55.5 Å². The number of aromatic nitrogens is 3. The van der Waals surface area contributed by atoms with E-state index in [0.29, 0.717) is 15.6 Å². The zero-order valence-corrected chi connectivity index (χ0v) is 25.6. The van der Waals surface area contributed by atoms with Crippen LogP contribution in [0.1, 0.15) is 22.6 Å². The van der Waals surface area contributed by atoms with Crippen LogP contribution in [0, 0.1) is 13.8 Å². The van der Waals surface area contributed by atoms with Gasteiger partial charge in [-0.2, -0.15) is 21.9 Å². The monoisotopic (exact) mass is 666 g/mol. The number of hydrogen-bond donors (Lipinski definition) is 1. The predicted octanol–water partition coefficient (Wildman–Crippen LogP) is 5.30. The minimum Gasteiger partial charge on any atom is -0.342 e. The van der Waals surface area contributed by atoms with E-state index in [0.717, 1.165) is 11.1 Å². The van der Waals surface area contributed by atoms with E-state index < -0.39 is 32.1 Å². The first-order valence-corrected chi connectivity index (χ1v) is 16.0. The van der Waals surface area contributed by atoms with Gasteiger partial charge in [0.1, 0.15) is 25.3 Å². The van der Waals surface area contributed by atoms with Gasteiger partial charge in [0.15, 0.2) is 0 Å². The number of rotatable bonds is 8. The van der Waals surface area contributed by atoms with Gasteiger partial charge in [0.05, 0.1) is 28.0 Å². The molecule has 15 heteroatoms. The van der Waals surface area contributed by atoms with Gasteiger partial charge in [-0.1, -0.05) is 64.7 Å². The van der Waals surface area contributed by atoms with Crippen molar-refractivity contribution in [3.8, 4) is 0 Å². The lowest BCUT2D eigenvalue weighted by atomic mass is 10.1. The molecular formula is C27H31Cl2N3O8S2. The second kappa shape index (κ2) is 13.2. The Morgan fingerprint density at radius 1 is 1.07 bits per heavy atom. The van der Waals surface area contributed by atoms with Gasteiger partial charge in [0.25, 0.3) is 20.2 Å². The van der Waals surface area contributed by atoms with E-state index in [2.05, 4.69) is 10.1 Å². The van der Waals surface area contributed by atoms with E-state index in [1.165, 1.54) is 41.6 Å². The molecule has 0 radical (unpaired) electrons. The molecule has 11 nitrogen and oxygen atoms in total. The van der Waals surface area contributed by atoms with Crippen molar-refractivity contribution in [2.24, 2.45) is 0 Å². The highest BCUT2D eigenvalue weighted by Gasteiger charge is 2.46. The largest absolute Gasteiger partial charge is 0.342 e. The molecule has 2 atom stereocenters. The van der Waals surface area contributed by atoms with Crippen molar-refractivity contribution in [1.82, 2.24) is 14.8 Å². The molecule has 3 aromatic carbocycles. The first-order chi connectivity index (χ1) is 21.8. The number of aryl methyl sites for hydroxylation is 2. The SMILES string of the molecule is Cc1ccc(S(=O)(=O)O)cc1.Cc1ccc(S(=O)(=O)OC[C@H]2CO[C@](Cn3cncn3)(c3ccc(Cl)cc3Cl)O2)cc1.[2H][3H].[3H][3H]. The molecular weight excluding hydrogens is 629 g/mol. The van der Waals surface area contributed by atoms with Crippen LogP contribution in [0.3, 0.4) is 0 Å². The van der Waals surface area contributed by atoms with Crippen LogP contribution >= 0.6 is 23.2 Å². The molecule has 0 unspecified atom stereocenters. The first kappa shape index (κ1) is 29.2. The Morgan fingerprint density at radius 3 is 2.24 bits per heavy atom. The Labute approximate surface area is 260 Å². The summed E-state index contributed by atoms with van der Waals surface area (Å²) >= 11 is 12.4. The molecule has 0 aliphatic carbocycles. The highest BCUT2D eigenvalue weighted by Crippen LogP contribution is 2.40. The van der Waals surface area contributed by atoms with E-state index in [1.54, 1.807) is 42.5 Å². The first-order valence-electron chi connectivity index (χ1n) is 14.4. The van der Waals surface area contributed by atoms with Gasteiger partial charge in [-0.25, -0.2) is 9.67 Å². The second-order valence-electron chi connectivity index (χ2n) is 9.36. The maximum Gasteiger partial charge on any atom is 0.297 e. The number of nitrogens with zero attached hydrogens (tertiary/aromatic N) is 3. The van der Waals surface area contributed by atoms with E-state index in [4.69, 9.17) is 47.4 Å². The van der Waals surface area contributed by atoms with Crippen molar-refractivity contribution in [1.29, 1.82) is 0 Å². The molecule has 1 saturated heterocycles. The maximum atomic E-state index is 12.5. The third-order valence-electron chi connectivity index (χ3n) is 6.08. The average Bonchev–Trinajstić information content (AvgIpc) is 3.69. The standard InChI is InChI=1S/C20H19Cl2N3O5S.C7H8O3S.2H2/c1-14-2-5-17(6-3-14)31(26,27)29-10-16-9-28-20(30-16,11-25-13-23-12-24-25)18-7-4-15(21)8-19(18)22;1-6-2-4-7(5-3-6)11(8,9)10;;/h2-8,12-13,16H,9-11H2,1H3;2-5H,1H3,(H,8,9,10);2*1H/t16-,20+;;;/m1.../s1/i;;1+2T;1+2D. The van der Waals surface area contributed by atoms with Crippen molar-refractivity contribution in [3.63, 3.8) is 0 Å². The van der Waals surface area contributed by atoms with Crippen LogP contribution < -0.4 is 0 Å². The van der Waals surface area contributed by atoms with Gasteiger partial charge >= 0.3 is 0 Å². The normalized spacial score (nSPS) is 19.2. The molecule has 42 heavy (non-hydrogen) atoms. The molecule has 4 aromatic rings. The van der Waals surface area contributed by atoms with Gasteiger partial charge in [-0.15, -0.1) is 0 Å². The fourth-order valence-electron chi connectivity index (χ4n) is 3.93. The minimum absolute atomic E-state index is 0.0666. The van der Waals surface area contributed by atoms with Crippen molar-refractivity contribution < 1.29 is 41.0 Å². The summed E-state index contributed by atoms with van der Waals surface area (Å²) in [5, 5.41) is 4.92. The Hall–Kier alpha value is -2.88. The summed E-state index contributed by atoms with van der Waals surface area (Å²) < 4.78 is 93.5. The molecule has 1 N–H and O–H groups in total. The van der Waals surface area contributed by atoms with Gasteiger partial charge < -0.3 is 9.47 Å². The number of halogens is 2. The molecule has 0 saturated carbocycles. The molecule has 2 heterocycles. The third kappa shape index (κ3) is 8.14. The average molecular weight is 668 g/mol. The molecule has 1 fully saturated rings. The summed E-state index contributed by atoms with van der Waals surface area (Å²) in [6.07, 6.45) is 2.25. The predicted molar refractivity (Wildman–Crippen MR) is 159 cm³/mol. The molecule has 1 aliphatic rings. The van der Waals surface area contributed by atoms with Crippen molar-refractivity contribution >= 4 is 43.4 Å². The molecule has 1 aliphatic heterocycles. The van der Waals surface area contributed by atoms with Gasteiger partial charge in [-0.3, -0.25) is 8.74 Å². The Morgan fingerprint density at radius 2 is 1.69 bits per heavy atom. The van der Waals surface area contributed by atoms with Crippen molar-refractivity contribution in [3.05, 3.63) is 106 Å². The summed E-state index contributed by atoms with van der Waals surface area (Å²) in [4.78, 5) is 3.94. The quantitative estimate of drug-likeness (QED) is 0.194. The number of hydrogen-bond acceptors (Lipinski definition) is 9. The lowest BCUT2D eigenvalue weighted by Gasteiger charge is -2.29. The molecule has 0 bridgehead atoms. The van der Waals surface area contributed by atoms with Gasteiger partial charge in [0, 0.05) is 16.5 Å². The topological polar surface area (TPSA) is 147 Å². The highest BCUT2D eigenvalue weighted by atomic mass is 35.5. The molecule has 5 rings (SSSR count). The Balaban J connectivity index is 0.000000411. The van der Waals surface area contributed by atoms with Crippen LogP contribution in [0.2, 0.25) is 10.0 Å². The second-order valence-corrected chi connectivity index (χ2v) is 13.2. The van der Waals surface area contributed by atoms with E-state index >= 15 is 0 Å². The Bertz CT molecular complexity index is 1740. The number of ether oxygens (including phenoxy) is 2. The van der Waals surface area contributed by atoms with Crippen LogP contribution in [0.4, 0.5) is 0 Å².